The molecule has 1 heterocycles. The summed E-state index contributed by atoms with van der Waals surface area (Å²) in [7, 11) is 1.66. The van der Waals surface area contributed by atoms with Gasteiger partial charge in [0, 0.05) is 29.9 Å². The van der Waals surface area contributed by atoms with Crippen molar-refractivity contribution in [1.82, 2.24) is 4.90 Å². The third-order valence-electron chi connectivity index (χ3n) is 5.53. The van der Waals surface area contributed by atoms with Crippen LogP contribution in [0.5, 0.6) is 0 Å². The molecular formula is C24H24F4N4O2S2. The molecule has 0 spiro atoms. The minimum atomic E-state index is -5.11. The van der Waals surface area contributed by atoms with Gasteiger partial charge in [0.25, 0.3) is 5.91 Å². The molecule has 0 unspecified atom stereocenters. The van der Waals surface area contributed by atoms with Crippen molar-refractivity contribution in [2.24, 2.45) is 0 Å². The summed E-state index contributed by atoms with van der Waals surface area (Å²) < 4.78 is 51.8. The molecule has 1 saturated heterocycles. The van der Waals surface area contributed by atoms with Gasteiger partial charge in [-0.05, 0) is 48.9 Å². The standard InChI is InChI=1S/C24H24F4N4O2S2/c1-15(20-21(33)32(23(29)36-20)14-16-7-4-3-5-8-16)30(2)18-10-9-17(13-19(18)35)31(12-6-11-25)22(34)24(26,27)28/h3-5,7-10,13,29,35H,6,11-12,14H2,1-2H3/b20-15+,29-23?. The number of halogens is 4. The van der Waals surface area contributed by atoms with Crippen LogP contribution < -0.4 is 9.80 Å². The van der Waals surface area contributed by atoms with Gasteiger partial charge in [-0.15, -0.1) is 12.6 Å². The number of nitrogens with zero attached hydrogens (tertiary/aromatic N) is 3. The number of amides is 2. The van der Waals surface area contributed by atoms with Crippen molar-refractivity contribution in [3.05, 3.63) is 64.7 Å². The number of nitrogens with one attached hydrogen (secondary N) is 1. The van der Waals surface area contributed by atoms with Gasteiger partial charge in [0.1, 0.15) is 0 Å². The average Bonchev–Trinajstić information content (AvgIpc) is 3.11. The lowest BCUT2D eigenvalue weighted by molar-refractivity contribution is -0.170. The number of thioether (sulfide) groups is 1. The highest BCUT2D eigenvalue weighted by Gasteiger charge is 2.43. The molecule has 1 N–H and O–H groups in total. The summed E-state index contributed by atoms with van der Waals surface area (Å²) in [5.74, 6) is -2.42. The summed E-state index contributed by atoms with van der Waals surface area (Å²) in [6, 6.07) is 13.4. The predicted molar refractivity (Wildman–Crippen MR) is 136 cm³/mol. The molecule has 0 atom stereocenters. The third kappa shape index (κ3) is 6.04. The zero-order valence-electron chi connectivity index (χ0n) is 19.5. The Balaban J connectivity index is 1.87. The number of carbonyl (C=O) groups excluding carboxylic acids is 2. The van der Waals surface area contributed by atoms with Crippen molar-refractivity contribution in [3.63, 3.8) is 0 Å². The lowest BCUT2D eigenvalue weighted by Crippen LogP contribution is -2.42. The van der Waals surface area contributed by atoms with Gasteiger partial charge < -0.3 is 9.80 Å². The van der Waals surface area contributed by atoms with Crippen molar-refractivity contribution < 1.29 is 27.2 Å². The summed E-state index contributed by atoms with van der Waals surface area (Å²) in [6.07, 6.45) is -5.36. The van der Waals surface area contributed by atoms with Gasteiger partial charge >= 0.3 is 12.1 Å². The minimum absolute atomic E-state index is 0.0691. The number of rotatable bonds is 8. The van der Waals surface area contributed by atoms with Crippen LogP contribution in [0.2, 0.25) is 0 Å². The molecule has 2 amide bonds. The van der Waals surface area contributed by atoms with Gasteiger partial charge in [0.15, 0.2) is 5.17 Å². The number of benzene rings is 2. The number of anilines is 2. The van der Waals surface area contributed by atoms with Crippen LogP contribution in [0.1, 0.15) is 18.9 Å². The molecule has 0 aliphatic carbocycles. The molecule has 0 radical (unpaired) electrons. The highest BCUT2D eigenvalue weighted by atomic mass is 32.2. The van der Waals surface area contributed by atoms with E-state index in [9.17, 15) is 27.2 Å². The Morgan fingerprint density at radius 2 is 1.83 bits per heavy atom. The van der Waals surface area contributed by atoms with E-state index in [1.165, 1.54) is 23.1 Å². The van der Waals surface area contributed by atoms with Gasteiger partial charge in [0.05, 0.1) is 23.8 Å². The first-order chi connectivity index (χ1) is 17.0. The minimum Gasteiger partial charge on any atom is -0.346 e. The van der Waals surface area contributed by atoms with Crippen LogP contribution >= 0.6 is 24.4 Å². The summed E-state index contributed by atoms with van der Waals surface area (Å²) in [4.78, 5) is 29.0. The van der Waals surface area contributed by atoms with Gasteiger partial charge in [-0.1, -0.05) is 30.3 Å². The van der Waals surface area contributed by atoms with E-state index in [-0.39, 0.29) is 34.6 Å². The van der Waals surface area contributed by atoms with E-state index in [2.05, 4.69) is 12.6 Å². The van der Waals surface area contributed by atoms with Gasteiger partial charge in [-0.2, -0.15) is 13.2 Å². The van der Waals surface area contributed by atoms with E-state index in [0.29, 0.717) is 21.2 Å². The Morgan fingerprint density at radius 1 is 1.17 bits per heavy atom. The lowest BCUT2D eigenvalue weighted by Gasteiger charge is -2.27. The second kappa shape index (κ2) is 11.4. The molecule has 0 bridgehead atoms. The number of thiol groups is 1. The number of amidine groups is 1. The number of alkyl halides is 4. The van der Waals surface area contributed by atoms with Crippen molar-refractivity contribution in [3.8, 4) is 0 Å². The molecule has 0 saturated carbocycles. The van der Waals surface area contributed by atoms with Gasteiger partial charge in [-0.3, -0.25) is 24.3 Å². The van der Waals surface area contributed by atoms with Crippen molar-refractivity contribution in [1.29, 1.82) is 5.41 Å². The van der Waals surface area contributed by atoms with E-state index in [1.54, 1.807) is 18.9 Å². The Labute approximate surface area is 215 Å². The van der Waals surface area contributed by atoms with E-state index in [0.717, 1.165) is 17.3 Å². The fraction of sp³-hybridized carbons (Fsp3) is 0.292. The van der Waals surface area contributed by atoms with E-state index < -0.39 is 25.3 Å². The number of hydrogen-bond donors (Lipinski definition) is 2. The maximum atomic E-state index is 13.1. The molecule has 192 valence electrons. The fourth-order valence-corrected chi connectivity index (χ4v) is 4.85. The molecule has 2 aromatic rings. The highest BCUT2D eigenvalue weighted by Crippen LogP contribution is 2.37. The van der Waals surface area contributed by atoms with Crippen molar-refractivity contribution >= 4 is 52.7 Å². The SMILES string of the molecule is C/C(=C1\SC(=N)N(Cc2ccccc2)C1=O)N(C)c1ccc(N(CCCF)C(=O)C(F)(F)F)cc1S. The maximum Gasteiger partial charge on any atom is 0.471 e. The highest BCUT2D eigenvalue weighted by molar-refractivity contribution is 8.18. The fourth-order valence-electron chi connectivity index (χ4n) is 3.56. The molecule has 6 nitrogen and oxygen atoms in total. The Kier molecular flexibility index (Phi) is 8.72. The van der Waals surface area contributed by atoms with Crippen molar-refractivity contribution in [2.75, 3.05) is 30.1 Å². The Morgan fingerprint density at radius 3 is 2.42 bits per heavy atom. The van der Waals surface area contributed by atoms with E-state index in [1.807, 2.05) is 30.3 Å². The summed E-state index contributed by atoms with van der Waals surface area (Å²) in [5.41, 5.74) is 1.80. The summed E-state index contributed by atoms with van der Waals surface area (Å²) >= 11 is 5.41. The van der Waals surface area contributed by atoms with Crippen molar-refractivity contribution in [2.45, 2.75) is 31.0 Å². The first kappa shape index (κ1) is 27.6. The normalized spacial score (nSPS) is 15.4. The Bertz CT molecular complexity index is 1190. The van der Waals surface area contributed by atoms with Crippen LogP contribution in [-0.2, 0) is 16.1 Å². The van der Waals surface area contributed by atoms with Crippen LogP contribution in [0.4, 0.5) is 28.9 Å². The first-order valence-corrected chi connectivity index (χ1v) is 12.1. The molecular weight excluding hydrogens is 516 g/mol. The van der Waals surface area contributed by atoms with Crippen LogP contribution in [0.3, 0.4) is 0 Å². The number of allylic oxidation sites excluding steroid dienone is 1. The molecule has 1 aliphatic heterocycles. The summed E-state index contributed by atoms with van der Waals surface area (Å²) in [6.45, 7) is 0.637. The first-order valence-electron chi connectivity index (χ1n) is 10.8. The topological polar surface area (TPSA) is 67.7 Å². The van der Waals surface area contributed by atoms with Gasteiger partial charge in [0.2, 0.25) is 0 Å². The molecule has 2 aromatic carbocycles. The monoisotopic (exact) mass is 540 g/mol. The molecule has 1 aliphatic rings. The molecule has 0 aromatic heterocycles. The maximum absolute atomic E-state index is 13.1. The van der Waals surface area contributed by atoms with Crippen LogP contribution in [-0.4, -0.2) is 48.3 Å². The smallest absolute Gasteiger partial charge is 0.346 e. The van der Waals surface area contributed by atoms with Crippen LogP contribution in [0.25, 0.3) is 0 Å². The van der Waals surface area contributed by atoms with Crippen LogP contribution in [0.15, 0.2) is 64.0 Å². The average molecular weight is 541 g/mol. The molecule has 3 rings (SSSR count). The van der Waals surface area contributed by atoms with E-state index in [4.69, 9.17) is 5.41 Å². The summed E-state index contributed by atoms with van der Waals surface area (Å²) in [5, 5.41) is 8.35. The van der Waals surface area contributed by atoms with Crippen LogP contribution in [0, 0.1) is 5.41 Å². The lowest BCUT2D eigenvalue weighted by atomic mass is 10.2. The zero-order chi connectivity index (χ0) is 26.6. The third-order valence-corrected chi connectivity index (χ3v) is 6.98. The molecule has 36 heavy (non-hydrogen) atoms. The Hall–Kier alpha value is -2.99. The van der Waals surface area contributed by atoms with Gasteiger partial charge in [-0.25, -0.2) is 0 Å². The zero-order valence-corrected chi connectivity index (χ0v) is 21.2. The number of hydrogen-bond acceptors (Lipinski definition) is 6. The second-order valence-electron chi connectivity index (χ2n) is 7.93. The molecule has 12 heteroatoms. The second-order valence-corrected chi connectivity index (χ2v) is 9.41. The van der Waals surface area contributed by atoms with E-state index >= 15 is 0 Å². The molecule has 1 fully saturated rings. The number of carbonyl (C=O) groups is 2. The quantitative estimate of drug-likeness (QED) is 0.260. The largest absolute Gasteiger partial charge is 0.471 e. The predicted octanol–water partition coefficient (Wildman–Crippen LogP) is 5.61.